The number of carbonyl (C=O) groups is 1. The molecular weight excluding hydrogens is 164 g/mol. The summed E-state index contributed by atoms with van der Waals surface area (Å²) in [5, 5.41) is 0.277. The Kier molecular flexibility index (Phi) is 1.80. The van der Waals surface area contributed by atoms with Crippen LogP contribution in [0.2, 0.25) is 0 Å². The first-order valence-corrected chi connectivity index (χ1v) is 4.49. The summed E-state index contributed by atoms with van der Waals surface area (Å²) in [7, 11) is 0. The molecule has 1 saturated heterocycles. The van der Waals surface area contributed by atoms with Gasteiger partial charge in [-0.15, -0.1) is 11.6 Å². The fourth-order valence-electron chi connectivity index (χ4n) is 2.07. The van der Waals surface area contributed by atoms with Crippen molar-refractivity contribution in [1.82, 2.24) is 0 Å². The van der Waals surface area contributed by atoms with Gasteiger partial charge in [0.2, 0.25) is 0 Å². The van der Waals surface area contributed by atoms with Gasteiger partial charge in [-0.2, -0.15) is 0 Å². The van der Waals surface area contributed by atoms with E-state index < -0.39 is 0 Å². The largest absolute Gasteiger partial charge is 0.465 e. The molecule has 11 heavy (non-hydrogen) atoms. The number of hydrogen-bond acceptors (Lipinski definition) is 2. The van der Waals surface area contributed by atoms with Gasteiger partial charge in [0.15, 0.2) is 0 Å². The highest BCUT2D eigenvalue weighted by Gasteiger charge is 2.38. The quantitative estimate of drug-likeness (QED) is 0.412. The van der Waals surface area contributed by atoms with E-state index in [0.717, 1.165) is 12.8 Å². The van der Waals surface area contributed by atoms with Crippen LogP contribution in [0, 0.1) is 11.8 Å². The first-order chi connectivity index (χ1) is 5.25. The zero-order valence-electron chi connectivity index (χ0n) is 6.25. The van der Waals surface area contributed by atoms with Crippen LogP contribution in [0.1, 0.15) is 19.3 Å². The van der Waals surface area contributed by atoms with Crippen LogP contribution in [0.25, 0.3) is 0 Å². The second-order valence-electron chi connectivity index (χ2n) is 3.48. The van der Waals surface area contributed by atoms with Gasteiger partial charge < -0.3 is 4.74 Å². The zero-order chi connectivity index (χ0) is 7.84. The summed E-state index contributed by atoms with van der Waals surface area (Å²) in [5.74, 6) is 1.02. The first-order valence-electron chi connectivity index (χ1n) is 4.05. The summed E-state index contributed by atoms with van der Waals surface area (Å²) in [5.41, 5.74) is 0. The molecule has 2 aliphatic rings. The molecule has 0 unspecified atom stereocenters. The Morgan fingerprint density at radius 1 is 1.36 bits per heavy atom. The molecular formula is C8H11ClO2. The zero-order valence-corrected chi connectivity index (χ0v) is 7.01. The van der Waals surface area contributed by atoms with Gasteiger partial charge in [-0.25, -0.2) is 0 Å². The van der Waals surface area contributed by atoms with E-state index in [9.17, 15) is 4.79 Å². The molecule has 2 nitrogen and oxygen atoms in total. The molecule has 0 N–H and O–H groups in total. The van der Waals surface area contributed by atoms with Crippen LogP contribution in [-0.4, -0.2) is 18.0 Å². The summed E-state index contributed by atoms with van der Waals surface area (Å²) in [4.78, 5) is 10.8. The van der Waals surface area contributed by atoms with Crippen molar-refractivity contribution < 1.29 is 9.53 Å². The van der Waals surface area contributed by atoms with E-state index in [4.69, 9.17) is 16.3 Å². The minimum Gasteiger partial charge on any atom is -0.465 e. The third-order valence-electron chi connectivity index (χ3n) is 2.67. The van der Waals surface area contributed by atoms with Crippen molar-refractivity contribution in [2.75, 3.05) is 6.61 Å². The molecule has 0 radical (unpaired) electrons. The van der Waals surface area contributed by atoms with Gasteiger partial charge >= 0.3 is 5.97 Å². The van der Waals surface area contributed by atoms with Crippen molar-refractivity contribution in [2.45, 2.75) is 24.6 Å². The molecule has 1 saturated carbocycles. The molecule has 1 heterocycles. The molecule has 2 fully saturated rings. The molecule has 0 amide bonds. The second kappa shape index (κ2) is 2.67. The smallest absolute Gasteiger partial charge is 0.306 e. The third-order valence-corrected chi connectivity index (χ3v) is 3.03. The predicted octanol–water partition coefficient (Wildman–Crippen LogP) is 1.57. The highest BCUT2D eigenvalue weighted by Crippen LogP contribution is 2.39. The van der Waals surface area contributed by atoms with Crippen molar-refractivity contribution in [2.24, 2.45) is 11.8 Å². The van der Waals surface area contributed by atoms with Gasteiger partial charge in [0.1, 0.15) is 0 Å². The Labute approximate surface area is 70.9 Å². The van der Waals surface area contributed by atoms with E-state index in [0.29, 0.717) is 24.9 Å². The van der Waals surface area contributed by atoms with E-state index in [1.165, 1.54) is 0 Å². The molecule has 0 aromatic carbocycles. The summed E-state index contributed by atoms with van der Waals surface area (Å²) in [6, 6.07) is 0. The highest BCUT2D eigenvalue weighted by molar-refractivity contribution is 6.20. The molecule has 1 aliphatic carbocycles. The fourth-order valence-corrected chi connectivity index (χ4v) is 2.52. The Balaban J connectivity index is 2.02. The summed E-state index contributed by atoms with van der Waals surface area (Å²) in [6.45, 7) is 0.604. The average molecular weight is 175 g/mol. The molecule has 3 heteroatoms. The van der Waals surface area contributed by atoms with Crippen LogP contribution >= 0.6 is 11.6 Å². The lowest BCUT2D eigenvalue weighted by molar-refractivity contribution is -0.151. The monoisotopic (exact) mass is 174 g/mol. The van der Waals surface area contributed by atoms with Gasteiger partial charge in [0.25, 0.3) is 0 Å². The Bertz CT molecular complexity index is 181. The van der Waals surface area contributed by atoms with Crippen molar-refractivity contribution >= 4 is 17.6 Å². The number of halogens is 1. The second-order valence-corrected chi connectivity index (χ2v) is 4.09. The molecule has 1 aliphatic heterocycles. The molecule has 0 aromatic heterocycles. The Morgan fingerprint density at radius 3 is 2.91 bits per heavy atom. The summed E-state index contributed by atoms with van der Waals surface area (Å²) >= 11 is 5.97. The number of rotatable bonds is 0. The van der Waals surface area contributed by atoms with Gasteiger partial charge in [0.05, 0.1) is 6.61 Å². The van der Waals surface area contributed by atoms with E-state index in [2.05, 4.69) is 0 Å². The number of carbonyl (C=O) groups excluding carboxylic acids is 1. The minimum atomic E-state index is -0.0444. The Morgan fingerprint density at radius 2 is 2.09 bits per heavy atom. The topological polar surface area (TPSA) is 26.3 Å². The standard InChI is InChI=1S/C8H11ClO2/c9-7-1-5-3-8(10)11-4-6(5)2-7/h5-7H,1-4H2/t5-,6+,7+/m0/s1. The number of alkyl halides is 1. The van der Waals surface area contributed by atoms with Crippen LogP contribution < -0.4 is 0 Å². The van der Waals surface area contributed by atoms with Crippen LogP contribution in [0.15, 0.2) is 0 Å². The van der Waals surface area contributed by atoms with Crippen LogP contribution in [-0.2, 0) is 9.53 Å². The van der Waals surface area contributed by atoms with Gasteiger partial charge in [-0.05, 0) is 24.7 Å². The normalized spacial score (nSPS) is 43.4. The van der Waals surface area contributed by atoms with Crippen LogP contribution in [0.5, 0.6) is 0 Å². The van der Waals surface area contributed by atoms with Crippen LogP contribution in [0.4, 0.5) is 0 Å². The van der Waals surface area contributed by atoms with Crippen molar-refractivity contribution in [3.05, 3.63) is 0 Å². The number of esters is 1. The van der Waals surface area contributed by atoms with E-state index >= 15 is 0 Å². The van der Waals surface area contributed by atoms with Crippen molar-refractivity contribution in [1.29, 1.82) is 0 Å². The SMILES string of the molecule is O=C1C[C@@H]2C[C@@H](Cl)C[C@@H]2CO1. The predicted molar refractivity (Wildman–Crippen MR) is 41.4 cm³/mol. The highest BCUT2D eigenvalue weighted by atomic mass is 35.5. The van der Waals surface area contributed by atoms with E-state index in [1.54, 1.807) is 0 Å². The average Bonchev–Trinajstić information content (AvgIpc) is 2.27. The number of ether oxygens (including phenoxy) is 1. The van der Waals surface area contributed by atoms with E-state index in [1.807, 2.05) is 0 Å². The maximum absolute atomic E-state index is 10.8. The maximum Gasteiger partial charge on any atom is 0.306 e. The lowest BCUT2D eigenvalue weighted by Crippen LogP contribution is -2.26. The summed E-state index contributed by atoms with van der Waals surface area (Å²) in [6.07, 6.45) is 2.62. The first kappa shape index (κ1) is 7.41. The van der Waals surface area contributed by atoms with E-state index in [-0.39, 0.29) is 11.3 Å². The molecule has 2 rings (SSSR count). The number of cyclic esters (lactones) is 1. The number of fused-ring (bicyclic) bond motifs is 1. The third kappa shape index (κ3) is 1.36. The Hall–Kier alpha value is -0.240. The molecule has 0 spiro atoms. The van der Waals surface area contributed by atoms with Gasteiger partial charge in [-0.3, -0.25) is 4.79 Å². The fraction of sp³-hybridized carbons (Fsp3) is 0.875. The molecule has 0 aromatic rings. The maximum atomic E-state index is 10.8. The molecule has 3 atom stereocenters. The number of hydrogen-bond donors (Lipinski definition) is 0. The van der Waals surface area contributed by atoms with Crippen molar-refractivity contribution in [3.63, 3.8) is 0 Å². The van der Waals surface area contributed by atoms with Crippen molar-refractivity contribution in [3.8, 4) is 0 Å². The summed E-state index contributed by atoms with van der Waals surface area (Å²) < 4.78 is 4.94. The lowest BCUT2D eigenvalue weighted by atomic mass is 9.92. The minimum absolute atomic E-state index is 0.0444. The molecule has 0 bridgehead atoms. The van der Waals surface area contributed by atoms with Gasteiger partial charge in [-0.1, -0.05) is 0 Å². The lowest BCUT2D eigenvalue weighted by Gasteiger charge is -2.23. The molecule has 62 valence electrons. The van der Waals surface area contributed by atoms with Crippen LogP contribution in [0.3, 0.4) is 0 Å². The van der Waals surface area contributed by atoms with Gasteiger partial charge in [0, 0.05) is 11.8 Å².